The van der Waals surface area contributed by atoms with Crippen LogP contribution in [0.25, 0.3) is 11.1 Å². The highest BCUT2D eigenvalue weighted by atomic mass is 16.7. The predicted molar refractivity (Wildman–Crippen MR) is 210 cm³/mol. The zero-order chi connectivity index (χ0) is 39.5. The Morgan fingerprint density at radius 1 is 0.727 bits per heavy atom. The summed E-state index contributed by atoms with van der Waals surface area (Å²) in [6, 6.07) is 16.0. The minimum absolute atomic E-state index is 0.110. The number of aliphatic hydroxyl groups is 2. The maximum absolute atomic E-state index is 13.1. The molecule has 2 aromatic rings. The van der Waals surface area contributed by atoms with E-state index in [1.54, 1.807) is 9.80 Å². The Kier molecular flexibility index (Phi) is 14.4. The average molecular weight is 753 g/mol. The third-order valence-electron chi connectivity index (χ3n) is 12.0. The second kappa shape index (κ2) is 19.2. The first-order chi connectivity index (χ1) is 26.6. The van der Waals surface area contributed by atoms with Crippen LogP contribution in [0.15, 0.2) is 46.7 Å². The summed E-state index contributed by atoms with van der Waals surface area (Å²) in [7, 11) is 0. The Bertz CT molecular complexity index is 1680. The molecule has 0 spiro atoms. The molecule has 0 bridgehead atoms. The van der Waals surface area contributed by atoms with Crippen LogP contribution in [-0.4, -0.2) is 83.0 Å². The number of carbonyl (C=O) groups is 2. The maximum atomic E-state index is 13.1. The van der Waals surface area contributed by atoms with E-state index in [2.05, 4.69) is 50.1 Å². The minimum Gasteiger partial charge on any atom is -0.396 e. The van der Waals surface area contributed by atoms with Crippen molar-refractivity contribution < 1.29 is 29.5 Å². The first-order valence-electron chi connectivity index (χ1n) is 19.9. The highest BCUT2D eigenvalue weighted by molar-refractivity contribution is 6.04. The number of hydrogen-bond acceptors (Lipinski definition) is 10. The first-order valence-corrected chi connectivity index (χ1v) is 19.9. The number of piperidine rings is 2. The Balaban J connectivity index is 1.48. The van der Waals surface area contributed by atoms with Gasteiger partial charge in [0, 0.05) is 70.5 Å². The van der Waals surface area contributed by atoms with Gasteiger partial charge in [-0.25, -0.2) is 9.59 Å². The lowest BCUT2D eigenvalue weighted by molar-refractivity contribution is 0.0844. The molecule has 12 nitrogen and oxygen atoms in total. The molecular formula is C43H56N6O6. The molecule has 0 aromatic heterocycles. The number of benzene rings is 2. The lowest BCUT2D eigenvalue weighted by Gasteiger charge is -2.32. The van der Waals surface area contributed by atoms with Gasteiger partial charge < -0.3 is 20.0 Å². The third kappa shape index (κ3) is 9.55. The van der Waals surface area contributed by atoms with Gasteiger partial charge in [-0.2, -0.15) is 10.5 Å². The Labute approximate surface area is 325 Å². The Morgan fingerprint density at radius 2 is 1.11 bits per heavy atom. The van der Waals surface area contributed by atoms with E-state index >= 15 is 0 Å². The van der Waals surface area contributed by atoms with Crippen molar-refractivity contribution >= 4 is 23.6 Å². The van der Waals surface area contributed by atoms with Gasteiger partial charge in [0.05, 0.1) is 23.6 Å². The van der Waals surface area contributed by atoms with Crippen molar-refractivity contribution in [3.8, 4) is 23.3 Å². The number of aliphatic hydroxyl groups excluding tert-OH is 2. The van der Waals surface area contributed by atoms with Crippen LogP contribution in [-0.2, 0) is 15.1 Å². The molecule has 12 heteroatoms. The SMILES string of the molecule is CC(C)C1CCN(C(=O)O/N=C(\CCC#N)c2ccc3c(c2)-c2cc(/C(CCC#N)=N/OC(=O)N4CCC(C(C)C)CC4)ccc2C3(CCO)CCO)CC1. The van der Waals surface area contributed by atoms with Gasteiger partial charge >= 0.3 is 12.2 Å². The smallest absolute Gasteiger partial charge is 0.396 e. The van der Waals surface area contributed by atoms with E-state index in [-0.39, 0.29) is 38.9 Å². The average Bonchev–Trinajstić information content (AvgIpc) is 3.45. The van der Waals surface area contributed by atoms with Gasteiger partial charge in [0.25, 0.3) is 0 Å². The molecule has 2 amide bonds. The number of carbonyl (C=O) groups excluding carboxylic acids is 2. The molecule has 0 saturated carbocycles. The quantitative estimate of drug-likeness (QED) is 0.112. The molecule has 0 unspecified atom stereocenters. The Morgan fingerprint density at radius 3 is 1.44 bits per heavy atom. The van der Waals surface area contributed by atoms with Crippen molar-refractivity contribution in [2.45, 2.75) is 97.3 Å². The van der Waals surface area contributed by atoms with Gasteiger partial charge in [0.15, 0.2) is 0 Å². The molecule has 294 valence electrons. The monoisotopic (exact) mass is 752 g/mol. The van der Waals surface area contributed by atoms with Crippen molar-refractivity contribution in [1.82, 2.24) is 9.80 Å². The molecule has 2 saturated heterocycles. The molecule has 0 atom stereocenters. The number of amides is 2. The Hall–Kier alpha value is -4.78. The van der Waals surface area contributed by atoms with Crippen molar-refractivity contribution in [2.75, 3.05) is 39.4 Å². The molecule has 1 aliphatic carbocycles. The highest BCUT2D eigenvalue weighted by Gasteiger charge is 2.43. The summed E-state index contributed by atoms with van der Waals surface area (Å²) in [6.45, 7) is 11.0. The lowest BCUT2D eigenvalue weighted by Crippen LogP contribution is -2.39. The van der Waals surface area contributed by atoms with E-state index in [9.17, 15) is 30.3 Å². The summed E-state index contributed by atoms with van der Waals surface area (Å²) in [6.07, 6.45) is 4.22. The lowest BCUT2D eigenvalue weighted by atomic mass is 9.73. The van der Waals surface area contributed by atoms with E-state index in [0.717, 1.165) is 47.9 Å². The van der Waals surface area contributed by atoms with E-state index in [1.807, 2.05) is 36.4 Å². The molecule has 3 aliphatic rings. The van der Waals surface area contributed by atoms with Crippen LogP contribution in [0.3, 0.4) is 0 Å². The van der Waals surface area contributed by atoms with Crippen LogP contribution < -0.4 is 0 Å². The van der Waals surface area contributed by atoms with E-state index in [0.29, 0.717) is 85.2 Å². The first kappa shape index (κ1) is 41.4. The standard InChI is InChI=1S/C43H56N6O6/c1-29(2)31-13-21-48(22-14-31)41(52)54-46-39(7-5-19-44)33-9-11-37-35(27-33)36-28-34(10-12-38(36)43(37,17-25-50)18-26-51)40(8-6-20-45)47-55-42(53)49-23-15-32(16-24-49)30(3)4/h9-12,27-32,50-51H,5-8,13-18,21-26H2,1-4H3/b46-39+,47-40+. The third-order valence-corrected chi connectivity index (χ3v) is 12.0. The number of nitriles is 2. The van der Waals surface area contributed by atoms with E-state index in [1.165, 1.54) is 0 Å². The summed E-state index contributed by atoms with van der Waals surface area (Å²) in [5, 5.41) is 48.2. The van der Waals surface area contributed by atoms with Gasteiger partial charge in [-0.3, -0.25) is 9.68 Å². The molecule has 0 radical (unpaired) electrons. The van der Waals surface area contributed by atoms with Crippen LogP contribution in [0, 0.1) is 46.3 Å². The van der Waals surface area contributed by atoms with Crippen LogP contribution in [0.4, 0.5) is 9.59 Å². The van der Waals surface area contributed by atoms with E-state index in [4.69, 9.17) is 9.68 Å². The molecular weight excluding hydrogens is 697 g/mol. The predicted octanol–water partition coefficient (Wildman–Crippen LogP) is 7.74. The molecule has 5 rings (SSSR count). The number of hydrogen-bond donors (Lipinski definition) is 2. The summed E-state index contributed by atoms with van der Waals surface area (Å²) in [5.74, 6) is 2.25. The number of nitrogens with zero attached hydrogens (tertiary/aromatic N) is 6. The number of likely N-dealkylation sites (tertiary alicyclic amines) is 2. The van der Waals surface area contributed by atoms with Gasteiger partial charge in [0.1, 0.15) is 0 Å². The molecule has 2 heterocycles. The van der Waals surface area contributed by atoms with Gasteiger partial charge in [0.2, 0.25) is 0 Å². The fraction of sp³-hybridized carbons (Fsp3) is 0.581. The zero-order valence-electron chi connectivity index (χ0n) is 32.8. The molecule has 2 N–H and O–H groups in total. The van der Waals surface area contributed by atoms with Crippen LogP contribution >= 0.6 is 0 Å². The van der Waals surface area contributed by atoms with Gasteiger partial charge in [-0.05, 0) is 108 Å². The second-order valence-corrected chi connectivity index (χ2v) is 15.8. The van der Waals surface area contributed by atoms with Gasteiger partial charge in [-0.1, -0.05) is 62.3 Å². The van der Waals surface area contributed by atoms with Crippen molar-refractivity contribution in [1.29, 1.82) is 10.5 Å². The van der Waals surface area contributed by atoms with Crippen LogP contribution in [0.2, 0.25) is 0 Å². The number of rotatable bonds is 14. The number of oxime groups is 2. The molecule has 2 fully saturated rings. The normalized spacial score (nSPS) is 17.5. The molecule has 2 aliphatic heterocycles. The topological polar surface area (TPSA) is 172 Å². The van der Waals surface area contributed by atoms with Crippen molar-refractivity contribution in [3.63, 3.8) is 0 Å². The highest BCUT2D eigenvalue weighted by Crippen LogP contribution is 2.53. The summed E-state index contributed by atoms with van der Waals surface area (Å²) < 4.78 is 0. The largest absolute Gasteiger partial charge is 0.435 e. The van der Waals surface area contributed by atoms with Crippen molar-refractivity contribution in [3.05, 3.63) is 58.7 Å². The summed E-state index contributed by atoms with van der Waals surface area (Å²) >= 11 is 0. The maximum Gasteiger partial charge on any atom is 0.435 e. The zero-order valence-corrected chi connectivity index (χ0v) is 32.8. The minimum atomic E-state index is -0.692. The van der Waals surface area contributed by atoms with Crippen LogP contribution in [0.5, 0.6) is 0 Å². The van der Waals surface area contributed by atoms with Crippen LogP contribution in [0.1, 0.15) is 114 Å². The second-order valence-electron chi connectivity index (χ2n) is 15.8. The molecule has 2 aromatic carbocycles. The number of fused-ring (bicyclic) bond motifs is 3. The van der Waals surface area contributed by atoms with Crippen molar-refractivity contribution in [2.24, 2.45) is 34.0 Å². The summed E-state index contributed by atoms with van der Waals surface area (Å²) in [4.78, 5) is 40.5. The summed E-state index contributed by atoms with van der Waals surface area (Å²) in [5.41, 5.74) is 5.08. The van der Waals surface area contributed by atoms with Gasteiger partial charge in [-0.15, -0.1) is 0 Å². The fourth-order valence-electron chi connectivity index (χ4n) is 8.55. The fourth-order valence-corrected chi connectivity index (χ4v) is 8.55. The van der Waals surface area contributed by atoms with E-state index < -0.39 is 17.6 Å². The molecule has 55 heavy (non-hydrogen) atoms.